The molecule has 1 fully saturated rings. The number of benzene rings is 1. The summed E-state index contributed by atoms with van der Waals surface area (Å²) in [4.78, 5) is 14.1. The Bertz CT molecular complexity index is 408. The highest BCUT2D eigenvalue weighted by Gasteiger charge is 2.27. The van der Waals surface area contributed by atoms with Crippen molar-refractivity contribution in [3.63, 3.8) is 0 Å². The Morgan fingerprint density at radius 3 is 2.90 bits per heavy atom. The Labute approximate surface area is 121 Å². The molecule has 0 aromatic heterocycles. The van der Waals surface area contributed by atoms with E-state index >= 15 is 0 Å². The molecule has 0 spiro atoms. The predicted octanol–water partition coefficient (Wildman–Crippen LogP) is 2.79. The lowest BCUT2D eigenvalue weighted by Gasteiger charge is -2.35. The van der Waals surface area contributed by atoms with E-state index in [-0.39, 0.29) is 12.1 Å². The number of hydrogen-bond donors (Lipinski definition) is 1. The van der Waals surface area contributed by atoms with Gasteiger partial charge in [-0.15, -0.1) is 0 Å². The molecule has 1 aromatic rings. The van der Waals surface area contributed by atoms with Crippen LogP contribution in [0.25, 0.3) is 0 Å². The Morgan fingerprint density at radius 1 is 1.35 bits per heavy atom. The van der Waals surface area contributed by atoms with Crippen LogP contribution >= 0.6 is 0 Å². The van der Waals surface area contributed by atoms with E-state index in [1.54, 1.807) is 0 Å². The molecule has 1 heterocycles. The molecular formula is C16H24N2O2. The lowest BCUT2D eigenvalue weighted by molar-refractivity contribution is 0.0681. The summed E-state index contributed by atoms with van der Waals surface area (Å²) in [5, 5.41) is 3.33. The van der Waals surface area contributed by atoms with Gasteiger partial charge in [-0.1, -0.05) is 37.3 Å². The fraction of sp³-hybridized carbons (Fsp3) is 0.562. The highest BCUT2D eigenvalue weighted by atomic mass is 16.6. The molecule has 0 saturated carbocycles. The van der Waals surface area contributed by atoms with Crippen LogP contribution in [-0.2, 0) is 11.3 Å². The van der Waals surface area contributed by atoms with E-state index in [1.807, 2.05) is 35.2 Å². The van der Waals surface area contributed by atoms with Gasteiger partial charge in [0.25, 0.3) is 0 Å². The van der Waals surface area contributed by atoms with E-state index in [4.69, 9.17) is 4.74 Å². The van der Waals surface area contributed by atoms with Gasteiger partial charge in [-0.05, 0) is 31.4 Å². The van der Waals surface area contributed by atoms with Crippen LogP contribution in [0.15, 0.2) is 30.3 Å². The third kappa shape index (κ3) is 4.23. The average molecular weight is 276 g/mol. The van der Waals surface area contributed by atoms with Crippen LogP contribution in [0.1, 0.15) is 31.7 Å². The highest BCUT2D eigenvalue weighted by molar-refractivity contribution is 5.68. The molecule has 1 aromatic carbocycles. The number of likely N-dealkylation sites (tertiary alicyclic amines) is 1. The van der Waals surface area contributed by atoms with E-state index in [2.05, 4.69) is 12.2 Å². The number of rotatable bonds is 5. The Balaban J connectivity index is 1.85. The fourth-order valence-corrected chi connectivity index (χ4v) is 2.57. The minimum Gasteiger partial charge on any atom is -0.445 e. The highest BCUT2D eigenvalue weighted by Crippen LogP contribution is 2.18. The van der Waals surface area contributed by atoms with Crippen molar-refractivity contribution in [1.82, 2.24) is 10.2 Å². The number of nitrogens with zero attached hydrogens (tertiary/aromatic N) is 1. The molecular weight excluding hydrogens is 252 g/mol. The van der Waals surface area contributed by atoms with Gasteiger partial charge >= 0.3 is 6.09 Å². The van der Waals surface area contributed by atoms with Crippen LogP contribution in [0.3, 0.4) is 0 Å². The molecule has 1 amide bonds. The number of carbonyl (C=O) groups excluding carboxylic acids is 1. The molecule has 20 heavy (non-hydrogen) atoms. The van der Waals surface area contributed by atoms with Crippen molar-refractivity contribution in [3.05, 3.63) is 35.9 Å². The molecule has 1 aliphatic heterocycles. The van der Waals surface area contributed by atoms with Gasteiger partial charge in [0, 0.05) is 19.1 Å². The van der Waals surface area contributed by atoms with Gasteiger partial charge in [-0.25, -0.2) is 4.79 Å². The lowest BCUT2D eigenvalue weighted by Crippen LogP contribution is -2.48. The molecule has 0 bridgehead atoms. The summed E-state index contributed by atoms with van der Waals surface area (Å²) >= 11 is 0. The van der Waals surface area contributed by atoms with Gasteiger partial charge in [0.1, 0.15) is 6.61 Å². The van der Waals surface area contributed by atoms with Crippen LogP contribution in [0, 0.1) is 0 Å². The van der Waals surface area contributed by atoms with Gasteiger partial charge in [-0.3, -0.25) is 0 Å². The van der Waals surface area contributed by atoms with Crippen LogP contribution in [0.5, 0.6) is 0 Å². The monoisotopic (exact) mass is 276 g/mol. The maximum atomic E-state index is 12.2. The van der Waals surface area contributed by atoms with Gasteiger partial charge < -0.3 is 15.0 Å². The van der Waals surface area contributed by atoms with Crippen molar-refractivity contribution >= 4 is 6.09 Å². The molecule has 2 rings (SSSR count). The summed E-state index contributed by atoms with van der Waals surface area (Å²) in [6.07, 6.45) is 3.14. The van der Waals surface area contributed by atoms with Crippen molar-refractivity contribution < 1.29 is 9.53 Å². The predicted molar refractivity (Wildman–Crippen MR) is 79.5 cm³/mol. The summed E-state index contributed by atoms with van der Waals surface area (Å²) in [6, 6.07) is 10.1. The number of likely N-dealkylation sites (N-methyl/N-ethyl adjacent to an activating group) is 1. The summed E-state index contributed by atoms with van der Waals surface area (Å²) < 4.78 is 5.44. The van der Waals surface area contributed by atoms with Crippen LogP contribution in [0.2, 0.25) is 0 Å². The molecule has 0 unspecified atom stereocenters. The average Bonchev–Trinajstić information content (AvgIpc) is 2.52. The van der Waals surface area contributed by atoms with E-state index in [0.717, 1.165) is 38.0 Å². The zero-order chi connectivity index (χ0) is 14.2. The number of hydrogen-bond acceptors (Lipinski definition) is 3. The molecule has 1 saturated heterocycles. The normalized spacial score (nSPS) is 18.9. The van der Waals surface area contributed by atoms with E-state index in [1.165, 1.54) is 6.42 Å². The standard InChI is InChI=1S/C16H24N2O2/c1-2-17-12-15-10-6-7-11-18(15)16(19)20-13-14-8-4-3-5-9-14/h3-5,8-9,15,17H,2,6-7,10-13H2,1H3/t15-/m0/s1. The molecule has 0 radical (unpaired) electrons. The number of nitrogens with one attached hydrogen (secondary N) is 1. The minimum atomic E-state index is -0.184. The number of ether oxygens (including phenoxy) is 1. The Hall–Kier alpha value is -1.55. The first-order valence-corrected chi connectivity index (χ1v) is 7.49. The Kier molecular flexibility index (Phi) is 5.87. The quantitative estimate of drug-likeness (QED) is 0.899. The second kappa shape index (κ2) is 7.90. The van der Waals surface area contributed by atoms with Crippen LogP contribution < -0.4 is 5.32 Å². The maximum absolute atomic E-state index is 12.2. The van der Waals surface area contributed by atoms with Gasteiger partial charge in [-0.2, -0.15) is 0 Å². The number of carbonyl (C=O) groups is 1. The van der Waals surface area contributed by atoms with Gasteiger partial charge in [0.15, 0.2) is 0 Å². The minimum absolute atomic E-state index is 0.184. The first kappa shape index (κ1) is 14.9. The Morgan fingerprint density at radius 2 is 2.15 bits per heavy atom. The largest absolute Gasteiger partial charge is 0.445 e. The molecule has 4 heteroatoms. The van der Waals surface area contributed by atoms with Crippen molar-refractivity contribution in [2.45, 2.75) is 38.8 Å². The molecule has 0 aliphatic carbocycles. The molecule has 110 valence electrons. The first-order valence-electron chi connectivity index (χ1n) is 7.49. The van der Waals surface area contributed by atoms with Crippen LogP contribution in [0.4, 0.5) is 4.79 Å². The number of piperidine rings is 1. The molecule has 1 N–H and O–H groups in total. The second-order valence-electron chi connectivity index (χ2n) is 5.19. The topological polar surface area (TPSA) is 41.6 Å². The van der Waals surface area contributed by atoms with Crippen molar-refractivity contribution in [3.8, 4) is 0 Å². The maximum Gasteiger partial charge on any atom is 0.410 e. The molecule has 1 aliphatic rings. The van der Waals surface area contributed by atoms with Crippen molar-refractivity contribution in [1.29, 1.82) is 0 Å². The van der Waals surface area contributed by atoms with E-state index in [9.17, 15) is 4.79 Å². The van der Waals surface area contributed by atoms with Crippen molar-refractivity contribution in [2.24, 2.45) is 0 Å². The fourth-order valence-electron chi connectivity index (χ4n) is 2.57. The SMILES string of the molecule is CCNC[C@@H]1CCCCN1C(=O)OCc1ccccc1. The smallest absolute Gasteiger partial charge is 0.410 e. The third-order valence-electron chi connectivity index (χ3n) is 3.70. The zero-order valence-electron chi connectivity index (χ0n) is 12.2. The second-order valence-corrected chi connectivity index (χ2v) is 5.19. The summed E-state index contributed by atoms with van der Waals surface area (Å²) in [7, 11) is 0. The summed E-state index contributed by atoms with van der Waals surface area (Å²) in [5.41, 5.74) is 1.03. The van der Waals surface area contributed by atoms with E-state index < -0.39 is 0 Å². The molecule has 4 nitrogen and oxygen atoms in total. The van der Waals surface area contributed by atoms with E-state index in [0.29, 0.717) is 6.61 Å². The third-order valence-corrected chi connectivity index (χ3v) is 3.70. The van der Waals surface area contributed by atoms with Crippen molar-refractivity contribution in [2.75, 3.05) is 19.6 Å². The lowest BCUT2D eigenvalue weighted by atomic mass is 10.0. The summed E-state index contributed by atoms with van der Waals surface area (Å²) in [6.45, 7) is 5.04. The zero-order valence-corrected chi connectivity index (χ0v) is 12.2. The first-order chi connectivity index (χ1) is 9.81. The van der Waals surface area contributed by atoms with Gasteiger partial charge in [0.2, 0.25) is 0 Å². The summed E-state index contributed by atoms with van der Waals surface area (Å²) in [5.74, 6) is 0. The van der Waals surface area contributed by atoms with Crippen LogP contribution in [-0.4, -0.2) is 36.7 Å². The number of amides is 1. The van der Waals surface area contributed by atoms with Gasteiger partial charge in [0.05, 0.1) is 0 Å². The molecule has 1 atom stereocenters.